The van der Waals surface area contributed by atoms with E-state index in [9.17, 15) is 13.2 Å². The quantitative estimate of drug-likeness (QED) is 0.603. The molecule has 1 atom stereocenters. The second kappa shape index (κ2) is 7.16. The minimum Gasteiger partial charge on any atom is -0.464 e. The van der Waals surface area contributed by atoms with Crippen molar-refractivity contribution in [2.75, 3.05) is 11.6 Å². The molecule has 1 aliphatic carbocycles. The number of thioether (sulfide) groups is 1. The first-order chi connectivity index (χ1) is 13.3. The van der Waals surface area contributed by atoms with E-state index in [1.54, 1.807) is 42.0 Å². The van der Waals surface area contributed by atoms with E-state index in [2.05, 4.69) is 20.3 Å². The first kappa shape index (κ1) is 18.9. The molecule has 1 aliphatic rings. The number of hydrogen-bond donors (Lipinski definition) is 1. The molecule has 0 bridgehead atoms. The van der Waals surface area contributed by atoms with Crippen LogP contribution in [0.15, 0.2) is 35.6 Å². The predicted molar refractivity (Wildman–Crippen MR) is 101 cm³/mol. The highest BCUT2D eigenvalue weighted by molar-refractivity contribution is 7.98. The Bertz CT molecular complexity index is 985. The molecule has 6 nitrogen and oxygen atoms in total. The monoisotopic (exact) mass is 409 g/mol. The lowest BCUT2D eigenvalue weighted by Gasteiger charge is -2.21. The fourth-order valence-electron chi connectivity index (χ4n) is 2.90. The molecule has 1 N–H and O–H groups in total. The third-order valence-electron chi connectivity index (χ3n) is 4.50. The standard InChI is InChI=1S/C18H18F3N5OS/c1-26-9-23-15-12(24-13-6-5-11(28-2)8-22-13)7-14(25-17(15)26)27-16(10-3-4-10)18(19,20)21/h5-10,16H,3-4H2,1-2H3,(H,22,24,25). The van der Waals surface area contributed by atoms with Gasteiger partial charge in [-0.2, -0.15) is 18.2 Å². The highest BCUT2D eigenvalue weighted by Crippen LogP contribution is 2.42. The van der Waals surface area contributed by atoms with E-state index in [0.29, 0.717) is 35.5 Å². The molecule has 1 fully saturated rings. The van der Waals surface area contributed by atoms with Crippen LogP contribution in [0, 0.1) is 5.92 Å². The number of nitrogens with one attached hydrogen (secondary N) is 1. The number of aromatic nitrogens is 4. The van der Waals surface area contributed by atoms with Crippen LogP contribution in [-0.4, -0.2) is 38.1 Å². The summed E-state index contributed by atoms with van der Waals surface area (Å²) in [6.45, 7) is 0. The fraction of sp³-hybridized carbons (Fsp3) is 0.389. The van der Waals surface area contributed by atoms with Crippen molar-refractivity contribution in [3.8, 4) is 5.88 Å². The van der Waals surface area contributed by atoms with Crippen molar-refractivity contribution in [3.63, 3.8) is 0 Å². The van der Waals surface area contributed by atoms with E-state index >= 15 is 0 Å². The lowest BCUT2D eigenvalue weighted by atomic mass is 10.2. The Balaban J connectivity index is 1.69. The van der Waals surface area contributed by atoms with Crippen LogP contribution in [0.25, 0.3) is 11.2 Å². The second-order valence-corrected chi connectivity index (χ2v) is 7.54. The number of aryl methyl sites for hydroxylation is 1. The number of anilines is 2. The second-order valence-electron chi connectivity index (χ2n) is 6.66. The zero-order valence-corrected chi connectivity index (χ0v) is 16.0. The van der Waals surface area contributed by atoms with Crippen LogP contribution >= 0.6 is 11.8 Å². The average Bonchev–Trinajstić information content (AvgIpc) is 3.43. The molecule has 0 radical (unpaired) electrons. The molecule has 148 valence electrons. The number of fused-ring (bicyclic) bond motifs is 1. The Labute approximate surface area is 163 Å². The molecule has 0 aromatic carbocycles. The van der Waals surface area contributed by atoms with Gasteiger partial charge in [-0.1, -0.05) is 0 Å². The lowest BCUT2D eigenvalue weighted by molar-refractivity contribution is -0.201. The highest BCUT2D eigenvalue weighted by Gasteiger charge is 2.51. The number of hydrogen-bond acceptors (Lipinski definition) is 6. The van der Waals surface area contributed by atoms with Crippen LogP contribution in [0.1, 0.15) is 12.8 Å². The molecular formula is C18H18F3N5OS. The van der Waals surface area contributed by atoms with Crippen LogP contribution in [0.5, 0.6) is 5.88 Å². The molecule has 3 aromatic heterocycles. The Morgan fingerprint density at radius 3 is 2.68 bits per heavy atom. The fourth-order valence-corrected chi connectivity index (χ4v) is 3.26. The van der Waals surface area contributed by atoms with Crippen LogP contribution in [0.3, 0.4) is 0 Å². The summed E-state index contributed by atoms with van der Waals surface area (Å²) in [5.74, 6) is -0.0498. The third-order valence-corrected chi connectivity index (χ3v) is 5.21. The third kappa shape index (κ3) is 3.87. The van der Waals surface area contributed by atoms with E-state index in [4.69, 9.17) is 4.74 Å². The maximum absolute atomic E-state index is 13.4. The molecule has 10 heteroatoms. The molecule has 0 spiro atoms. The smallest absolute Gasteiger partial charge is 0.425 e. The molecular weight excluding hydrogens is 391 g/mol. The maximum atomic E-state index is 13.4. The maximum Gasteiger partial charge on any atom is 0.425 e. The van der Waals surface area contributed by atoms with Gasteiger partial charge in [0.1, 0.15) is 11.3 Å². The van der Waals surface area contributed by atoms with E-state index in [0.717, 1.165) is 4.90 Å². The van der Waals surface area contributed by atoms with Crippen molar-refractivity contribution < 1.29 is 17.9 Å². The molecule has 28 heavy (non-hydrogen) atoms. The summed E-state index contributed by atoms with van der Waals surface area (Å²) in [5.41, 5.74) is 1.44. The summed E-state index contributed by atoms with van der Waals surface area (Å²) in [6.07, 6.45) is -0.0490. The largest absolute Gasteiger partial charge is 0.464 e. The average molecular weight is 409 g/mol. The lowest BCUT2D eigenvalue weighted by Crippen LogP contribution is -2.36. The number of ether oxygens (including phenoxy) is 1. The molecule has 1 unspecified atom stereocenters. The summed E-state index contributed by atoms with van der Waals surface area (Å²) in [4.78, 5) is 13.9. The number of rotatable bonds is 6. The Morgan fingerprint density at radius 2 is 2.07 bits per heavy atom. The molecule has 0 amide bonds. The van der Waals surface area contributed by atoms with Gasteiger partial charge >= 0.3 is 6.18 Å². The van der Waals surface area contributed by atoms with E-state index in [-0.39, 0.29) is 5.88 Å². The Kier molecular flexibility index (Phi) is 4.82. The minimum absolute atomic E-state index is 0.0893. The number of nitrogens with zero attached hydrogens (tertiary/aromatic N) is 4. The first-order valence-corrected chi connectivity index (χ1v) is 9.90. The summed E-state index contributed by atoms with van der Waals surface area (Å²) in [5, 5.41) is 3.11. The molecule has 0 saturated heterocycles. The van der Waals surface area contributed by atoms with Gasteiger partial charge in [0.25, 0.3) is 0 Å². The van der Waals surface area contributed by atoms with Crippen LogP contribution in [0.4, 0.5) is 24.7 Å². The number of pyridine rings is 2. The Morgan fingerprint density at radius 1 is 1.29 bits per heavy atom. The van der Waals surface area contributed by atoms with Gasteiger partial charge in [-0.25, -0.2) is 9.97 Å². The van der Waals surface area contributed by atoms with Gasteiger partial charge < -0.3 is 14.6 Å². The topological polar surface area (TPSA) is 64.9 Å². The summed E-state index contributed by atoms with van der Waals surface area (Å²) in [6, 6.07) is 5.14. The summed E-state index contributed by atoms with van der Waals surface area (Å²) < 4.78 is 47.0. The van der Waals surface area contributed by atoms with Crippen molar-refractivity contribution >= 4 is 34.4 Å². The van der Waals surface area contributed by atoms with Crippen LogP contribution in [-0.2, 0) is 7.05 Å². The van der Waals surface area contributed by atoms with E-state index in [1.807, 2.05) is 12.3 Å². The van der Waals surface area contributed by atoms with E-state index < -0.39 is 18.2 Å². The van der Waals surface area contributed by atoms with E-state index in [1.165, 1.54) is 6.07 Å². The van der Waals surface area contributed by atoms with Gasteiger partial charge in [-0.3, -0.25) is 0 Å². The van der Waals surface area contributed by atoms with Crippen LogP contribution < -0.4 is 10.1 Å². The van der Waals surface area contributed by atoms with Gasteiger partial charge in [0, 0.05) is 30.1 Å². The number of halogens is 3. The van der Waals surface area contributed by atoms with Crippen LogP contribution in [0.2, 0.25) is 0 Å². The Hall–Kier alpha value is -2.49. The molecule has 4 rings (SSSR count). The van der Waals surface area contributed by atoms with Gasteiger partial charge in [-0.05, 0) is 31.2 Å². The van der Waals surface area contributed by atoms with Crippen molar-refractivity contribution in [1.82, 2.24) is 19.5 Å². The van der Waals surface area contributed by atoms with Gasteiger partial charge in [0.05, 0.1) is 12.0 Å². The molecule has 3 heterocycles. The van der Waals surface area contributed by atoms with Gasteiger partial charge in [0.2, 0.25) is 5.88 Å². The van der Waals surface area contributed by atoms with Gasteiger partial charge in [0.15, 0.2) is 11.8 Å². The SMILES string of the molecule is CSc1ccc(Nc2cc(OC(C3CC3)C(F)(F)F)nc3c2ncn3C)nc1. The van der Waals surface area contributed by atoms with Crippen molar-refractivity contribution in [1.29, 1.82) is 0 Å². The minimum atomic E-state index is -4.44. The van der Waals surface area contributed by atoms with Crippen molar-refractivity contribution in [2.45, 2.75) is 30.0 Å². The van der Waals surface area contributed by atoms with Gasteiger partial charge in [-0.15, -0.1) is 11.8 Å². The molecule has 1 saturated carbocycles. The number of alkyl halides is 3. The zero-order chi connectivity index (χ0) is 19.9. The predicted octanol–water partition coefficient (Wildman–Crippen LogP) is 4.55. The summed E-state index contributed by atoms with van der Waals surface area (Å²) >= 11 is 1.57. The molecule has 0 aliphatic heterocycles. The van der Waals surface area contributed by atoms with Crippen molar-refractivity contribution in [2.24, 2.45) is 13.0 Å². The first-order valence-electron chi connectivity index (χ1n) is 8.67. The number of imidazole rings is 1. The highest BCUT2D eigenvalue weighted by atomic mass is 32.2. The molecule has 3 aromatic rings. The van der Waals surface area contributed by atoms with Crippen molar-refractivity contribution in [3.05, 3.63) is 30.7 Å². The normalized spacial score (nSPS) is 15.6. The zero-order valence-electron chi connectivity index (χ0n) is 15.2. The summed E-state index contributed by atoms with van der Waals surface area (Å²) in [7, 11) is 1.73.